The molecule has 2 aliphatic heterocycles. The van der Waals surface area contributed by atoms with Gasteiger partial charge in [-0.25, -0.2) is 0 Å². The first-order valence-corrected chi connectivity index (χ1v) is 15.9. The molecular formula is C37H46N4O2. The van der Waals surface area contributed by atoms with E-state index < -0.39 is 0 Å². The minimum absolute atomic E-state index is 0.0273. The summed E-state index contributed by atoms with van der Waals surface area (Å²) < 4.78 is 5.59. The highest BCUT2D eigenvalue weighted by molar-refractivity contribution is 6.03. The lowest BCUT2D eigenvalue weighted by atomic mass is 9.83. The van der Waals surface area contributed by atoms with Crippen molar-refractivity contribution in [3.8, 4) is 5.75 Å². The van der Waals surface area contributed by atoms with E-state index in [9.17, 15) is 4.79 Å². The van der Waals surface area contributed by atoms with Crippen molar-refractivity contribution >= 4 is 17.2 Å². The fraction of sp³-hybridized carbons (Fsp3) is 0.432. The number of carbonyl (C=O) groups is 1. The number of ether oxygens (including phenoxy) is 1. The zero-order valence-electron chi connectivity index (χ0n) is 26.2. The lowest BCUT2D eigenvalue weighted by Gasteiger charge is -2.41. The number of hydrogen-bond donors (Lipinski definition) is 2. The third-order valence-electron chi connectivity index (χ3n) is 9.44. The molecule has 3 aromatic carbocycles. The van der Waals surface area contributed by atoms with Gasteiger partial charge in [0.15, 0.2) is 0 Å². The first-order chi connectivity index (χ1) is 20.9. The summed E-state index contributed by atoms with van der Waals surface area (Å²) in [5.41, 5.74) is 9.53. The lowest BCUT2D eigenvalue weighted by molar-refractivity contribution is -0.128. The molecule has 0 unspecified atom stereocenters. The molecule has 226 valence electrons. The Kier molecular flexibility index (Phi) is 8.87. The Morgan fingerprint density at radius 3 is 2.53 bits per heavy atom. The number of carbonyl (C=O) groups excluding carboxylic acids is 1. The van der Waals surface area contributed by atoms with Crippen LogP contribution in [0.25, 0.3) is 5.57 Å². The second kappa shape index (κ2) is 12.9. The molecule has 1 saturated carbocycles. The van der Waals surface area contributed by atoms with Crippen LogP contribution in [0.5, 0.6) is 5.75 Å². The lowest BCUT2D eigenvalue weighted by Crippen LogP contribution is -2.60. The number of aryl methyl sites for hydroxylation is 2. The van der Waals surface area contributed by atoms with E-state index in [1.807, 2.05) is 12.1 Å². The van der Waals surface area contributed by atoms with Crippen LogP contribution >= 0.6 is 0 Å². The van der Waals surface area contributed by atoms with Gasteiger partial charge in [0.1, 0.15) is 5.75 Å². The van der Waals surface area contributed by atoms with Gasteiger partial charge in [-0.1, -0.05) is 48.5 Å². The zero-order valence-corrected chi connectivity index (χ0v) is 26.2. The van der Waals surface area contributed by atoms with E-state index >= 15 is 0 Å². The average Bonchev–Trinajstić information content (AvgIpc) is 3.86. The fourth-order valence-corrected chi connectivity index (χ4v) is 6.77. The summed E-state index contributed by atoms with van der Waals surface area (Å²) in [5, 5.41) is 7.34. The molecular weight excluding hydrogens is 532 g/mol. The SMILES string of the molecule is COc1cccc(CN(C(=O)C2=C(c3ccc(CCCN(C)c4cccc(C)c4)cc3)C[C@H]3CNC[C@H]2N3)C2CC2)c1C. The minimum atomic E-state index is 0.0273. The van der Waals surface area contributed by atoms with Crippen molar-refractivity contribution in [1.29, 1.82) is 0 Å². The molecule has 3 aromatic rings. The zero-order chi connectivity index (χ0) is 29.9. The molecule has 1 saturated heterocycles. The normalized spacial score (nSPS) is 19.7. The minimum Gasteiger partial charge on any atom is -0.496 e. The van der Waals surface area contributed by atoms with Gasteiger partial charge in [-0.3, -0.25) is 4.79 Å². The molecule has 6 nitrogen and oxygen atoms in total. The van der Waals surface area contributed by atoms with Gasteiger partial charge in [0.25, 0.3) is 5.91 Å². The molecule has 2 heterocycles. The van der Waals surface area contributed by atoms with Crippen molar-refractivity contribution in [2.45, 2.75) is 70.6 Å². The molecule has 1 aliphatic carbocycles. The fourth-order valence-electron chi connectivity index (χ4n) is 6.77. The molecule has 0 spiro atoms. The van der Waals surface area contributed by atoms with Crippen LogP contribution in [0, 0.1) is 13.8 Å². The highest BCUT2D eigenvalue weighted by Crippen LogP contribution is 2.37. The van der Waals surface area contributed by atoms with Gasteiger partial charge in [0, 0.05) is 56.6 Å². The molecule has 6 rings (SSSR count). The molecule has 6 heteroatoms. The first kappa shape index (κ1) is 29.5. The summed E-state index contributed by atoms with van der Waals surface area (Å²) in [5.74, 6) is 1.06. The Morgan fingerprint density at radius 2 is 1.79 bits per heavy atom. The smallest absolute Gasteiger partial charge is 0.252 e. The Balaban J connectivity index is 1.21. The Bertz CT molecular complexity index is 1480. The molecule has 0 radical (unpaired) electrons. The number of benzene rings is 3. The van der Waals surface area contributed by atoms with Crippen molar-refractivity contribution < 1.29 is 9.53 Å². The van der Waals surface area contributed by atoms with Gasteiger partial charge in [0.2, 0.25) is 0 Å². The molecule has 3 aliphatic rings. The maximum atomic E-state index is 14.5. The molecule has 0 aromatic heterocycles. The molecule has 2 fully saturated rings. The number of anilines is 1. The van der Waals surface area contributed by atoms with Crippen LogP contribution in [0.4, 0.5) is 5.69 Å². The predicted octanol–water partition coefficient (Wildman–Crippen LogP) is 5.66. The van der Waals surface area contributed by atoms with Crippen LogP contribution < -0.4 is 20.3 Å². The molecule has 1 amide bonds. The topological polar surface area (TPSA) is 56.8 Å². The third-order valence-corrected chi connectivity index (χ3v) is 9.44. The standard InChI is InChI=1S/C37H46N4O2/c1-25-8-5-11-32(20-25)40(3)19-7-9-27-13-15-28(16-14-27)33-21-30-22-38-23-34(39-30)36(33)37(42)41(31-17-18-31)24-29-10-6-12-35(43-4)26(29)2/h5-6,8,10-16,20,30-31,34,38-39H,7,9,17-19,21-24H2,1-4H3/t30-,34+/m0/s1. The quantitative estimate of drug-likeness (QED) is 0.308. The van der Waals surface area contributed by atoms with Gasteiger partial charge in [-0.15, -0.1) is 0 Å². The van der Waals surface area contributed by atoms with Gasteiger partial charge in [-0.2, -0.15) is 0 Å². The summed E-state index contributed by atoms with van der Waals surface area (Å²) in [4.78, 5) is 19.0. The molecule has 43 heavy (non-hydrogen) atoms. The maximum absolute atomic E-state index is 14.5. The van der Waals surface area contributed by atoms with Crippen LogP contribution in [0.3, 0.4) is 0 Å². The second-order valence-corrected chi connectivity index (χ2v) is 12.6. The summed E-state index contributed by atoms with van der Waals surface area (Å²) >= 11 is 0. The van der Waals surface area contributed by atoms with Crippen LogP contribution in [-0.4, -0.2) is 62.7 Å². The highest BCUT2D eigenvalue weighted by Gasteiger charge is 2.41. The summed E-state index contributed by atoms with van der Waals surface area (Å²) in [6, 6.07) is 24.6. The van der Waals surface area contributed by atoms with Gasteiger partial charge < -0.3 is 25.2 Å². The Labute approximate surface area is 257 Å². The summed E-state index contributed by atoms with van der Waals surface area (Å²) in [6.45, 7) is 7.58. The van der Waals surface area contributed by atoms with Crippen molar-refractivity contribution in [1.82, 2.24) is 15.5 Å². The Hall–Kier alpha value is -3.61. The maximum Gasteiger partial charge on any atom is 0.252 e. The van der Waals surface area contributed by atoms with E-state index in [2.05, 4.69) is 95.9 Å². The number of amides is 1. The van der Waals surface area contributed by atoms with Crippen molar-refractivity contribution in [2.75, 3.05) is 38.7 Å². The van der Waals surface area contributed by atoms with Crippen LogP contribution in [0.1, 0.15) is 53.5 Å². The highest BCUT2D eigenvalue weighted by atomic mass is 16.5. The number of nitrogens with one attached hydrogen (secondary N) is 2. The van der Waals surface area contributed by atoms with Crippen LogP contribution in [0.2, 0.25) is 0 Å². The number of methoxy groups -OCH3 is 1. The number of hydrogen-bond acceptors (Lipinski definition) is 5. The number of piperazine rings is 1. The van der Waals surface area contributed by atoms with E-state index in [0.29, 0.717) is 18.6 Å². The van der Waals surface area contributed by atoms with Gasteiger partial charge in [0.05, 0.1) is 13.2 Å². The van der Waals surface area contributed by atoms with E-state index in [1.54, 1.807) is 7.11 Å². The van der Waals surface area contributed by atoms with Crippen molar-refractivity contribution in [2.24, 2.45) is 0 Å². The van der Waals surface area contributed by atoms with Crippen LogP contribution in [0.15, 0.2) is 72.3 Å². The average molecular weight is 579 g/mol. The predicted molar refractivity (Wildman–Crippen MR) is 176 cm³/mol. The van der Waals surface area contributed by atoms with Crippen LogP contribution in [-0.2, 0) is 17.8 Å². The van der Waals surface area contributed by atoms with Crippen molar-refractivity contribution in [3.63, 3.8) is 0 Å². The van der Waals surface area contributed by atoms with E-state index in [0.717, 1.165) is 74.2 Å². The van der Waals surface area contributed by atoms with Gasteiger partial charge >= 0.3 is 0 Å². The first-order valence-electron chi connectivity index (χ1n) is 15.9. The number of nitrogens with zero attached hydrogens (tertiary/aromatic N) is 2. The summed E-state index contributed by atoms with van der Waals surface area (Å²) in [7, 11) is 3.88. The largest absolute Gasteiger partial charge is 0.496 e. The second-order valence-electron chi connectivity index (χ2n) is 12.6. The third kappa shape index (κ3) is 6.66. The number of rotatable bonds is 11. The molecule has 2 atom stereocenters. The van der Waals surface area contributed by atoms with E-state index in [1.165, 1.54) is 28.0 Å². The number of fused-ring (bicyclic) bond motifs is 2. The Morgan fingerprint density at radius 1 is 1.00 bits per heavy atom. The van der Waals surface area contributed by atoms with Gasteiger partial charge in [-0.05, 0) is 97.5 Å². The van der Waals surface area contributed by atoms with E-state index in [-0.39, 0.29) is 11.9 Å². The molecule has 2 bridgehead atoms. The van der Waals surface area contributed by atoms with E-state index in [4.69, 9.17) is 4.74 Å². The van der Waals surface area contributed by atoms with Crippen molar-refractivity contribution in [3.05, 3.63) is 100 Å². The summed E-state index contributed by atoms with van der Waals surface area (Å²) in [6.07, 6.45) is 5.14. The monoisotopic (exact) mass is 578 g/mol. The molecule has 2 N–H and O–H groups in total.